The van der Waals surface area contributed by atoms with Crippen LogP contribution in [-0.4, -0.2) is 21.4 Å². The van der Waals surface area contributed by atoms with Crippen LogP contribution in [0.3, 0.4) is 0 Å². The predicted octanol–water partition coefficient (Wildman–Crippen LogP) is 5.53. The van der Waals surface area contributed by atoms with Crippen molar-refractivity contribution in [3.05, 3.63) is 35.7 Å². The van der Waals surface area contributed by atoms with Gasteiger partial charge in [-0.15, -0.1) is 10.2 Å². The van der Waals surface area contributed by atoms with Gasteiger partial charge in [-0.25, -0.2) is 0 Å². The van der Waals surface area contributed by atoms with E-state index in [1.54, 1.807) is 0 Å². The number of nitrogens with zero attached hydrogens (tertiary/aromatic N) is 2. The summed E-state index contributed by atoms with van der Waals surface area (Å²) in [7, 11) is 0. The molecule has 2 aromatic rings. The summed E-state index contributed by atoms with van der Waals surface area (Å²) in [4.78, 5) is 12.5. The summed E-state index contributed by atoms with van der Waals surface area (Å²) in [5.41, 5.74) is 2.14. The number of rotatable bonds is 5. The maximum Gasteiger partial charge on any atom is 0.277 e. The molecule has 1 fully saturated rings. The van der Waals surface area contributed by atoms with E-state index in [0.29, 0.717) is 11.1 Å². The van der Waals surface area contributed by atoms with Gasteiger partial charge in [0, 0.05) is 11.6 Å². The zero-order chi connectivity index (χ0) is 19.4. The number of hydrogen-bond acceptors (Lipinski definition) is 5. The molecule has 1 aromatic heterocycles. The number of amides is 1. The van der Waals surface area contributed by atoms with Crippen molar-refractivity contribution in [1.82, 2.24) is 10.2 Å². The molecule has 1 aliphatic rings. The van der Waals surface area contributed by atoms with Crippen molar-refractivity contribution in [3.8, 4) is 0 Å². The van der Waals surface area contributed by atoms with E-state index < -0.39 is 0 Å². The fourth-order valence-electron chi connectivity index (χ4n) is 3.28. The third-order valence-electron chi connectivity index (χ3n) is 5.04. The lowest BCUT2D eigenvalue weighted by atomic mass is 9.87. The van der Waals surface area contributed by atoms with Gasteiger partial charge in [-0.05, 0) is 42.9 Å². The normalized spacial score (nSPS) is 16.9. The molecule has 0 spiro atoms. The number of carbonyl (C=O) groups is 1. The summed E-state index contributed by atoms with van der Waals surface area (Å²) in [6.07, 6.45) is 5.98. The number of benzene rings is 1. The maximum absolute atomic E-state index is 12.5. The molecule has 0 bridgehead atoms. The molecule has 0 radical (unpaired) electrons. The molecule has 27 heavy (non-hydrogen) atoms. The third-order valence-corrected chi connectivity index (χ3v) is 5.98. The summed E-state index contributed by atoms with van der Waals surface area (Å²) in [6, 6.07) is 8.01. The Morgan fingerprint density at radius 1 is 1.15 bits per heavy atom. The zero-order valence-corrected chi connectivity index (χ0v) is 17.4. The van der Waals surface area contributed by atoms with Gasteiger partial charge in [0.15, 0.2) is 0 Å². The zero-order valence-electron chi connectivity index (χ0n) is 16.6. The number of anilines is 1. The van der Waals surface area contributed by atoms with Gasteiger partial charge < -0.3 is 9.73 Å². The van der Waals surface area contributed by atoms with Crippen LogP contribution < -0.4 is 5.32 Å². The van der Waals surface area contributed by atoms with Crippen molar-refractivity contribution in [2.45, 2.75) is 81.6 Å². The van der Waals surface area contributed by atoms with Crippen molar-refractivity contribution in [2.75, 3.05) is 5.32 Å². The molecule has 1 amide bonds. The van der Waals surface area contributed by atoms with Gasteiger partial charge in [-0.3, -0.25) is 4.79 Å². The minimum atomic E-state index is -0.313. The van der Waals surface area contributed by atoms with Gasteiger partial charge in [0.25, 0.3) is 5.22 Å². The molecule has 1 saturated carbocycles. The SMILES string of the molecule is CC(Sc1nnc(C2CCCCC2)o1)C(=O)Nc1ccc(C(C)(C)C)cc1. The lowest BCUT2D eigenvalue weighted by Crippen LogP contribution is -2.22. The molecule has 1 aliphatic carbocycles. The molecule has 1 atom stereocenters. The predicted molar refractivity (Wildman–Crippen MR) is 109 cm³/mol. The van der Waals surface area contributed by atoms with Crippen LogP contribution in [0.25, 0.3) is 0 Å². The molecule has 1 N–H and O–H groups in total. The minimum Gasteiger partial charge on any atom is -0.416 e. The monoisotopic (exact) mass is 387 g/mol. The summed E-state index contributed by atoms with van der Waals surface area (Å²) in [5, 5.41) is 11.4. The first-order valence-electron chi connectivity index (χ1n) is 9.74. The van der Waals surface area contributed by atoms with Gasteiger partial charge in [0.05, 0.1) is 5.25 Å². The van der Waals surface area contributed by atoms with Gasteiger partial charge >= 0.3 is 0 Å². The maximum atomic E-state index is 12.5. The van der Waals surface area contributed by atoms with Crippen molar-refractivity contribution in [1.29, 1.82) is 0 Å². The summed E-state index contributed by atoms with van der Waals surface area (Å²) < 4.78 is 5.81. The molecule has 1 heterocycles. The number of hydrogen-bond donors (Lipinski definition) is 1. The van der Waals surface area contributed by atoms with Crippen LogP contribution in [0.1, 0.15) is 77.2 Å². The average Bonchev–Trinajstić information content (AvgIpc) is 3.10. The fourth-order valence-corrected chi connectivity index (χ4v) is 3.97. The highest BCUT2D eigenvalue weighted by Crippen LogP contribution is 2.33. The van der Waals surface area contributed by atoms with Crippen LogP contribution >= 0.6 is 11.8 Å². The second-order valence-electron chi connectivity index (χ2n) is 8.32. The van der Waals surface area contributed by atoms with Crippen LogP contribution in [0, 0.1) is 0 Å². The van der Waals surface area contributed by atoms with E-state index in [2.05, 4.69) is 48.4 Å². The summed E-state index contributed by atoms with van der Waals surface area (Å²) in [6.45, 7) is 8.37. The van der Waals surface area contributed by atoms with Crippen molar-refractivity contribution in [2.24, 2.45) is 0 Å². The first kappa shape index (κ1) is 19.9. The van der Waals surface area contributed by atoms with Crippen LogP contribution in [0.4, 0.5) is 5.69 Å². The Morgan fingerprint density at radius 3 is 2.44 bits per heavy atom. The Kier molecular flexibility index (Phi) is 6.25. The fraction of sp³-hybridized carbons (Fsp3) is 0.571. The van der Waals surface area contributed by atoms with Crippen LogP contribution in [0.2, 0.25) is 0 Å². The topological polar surface area (TPSA) is 68.0 Å². The largest absolute Gasteiger partial charge is 0.416 e. The van der Waals surface area contributed by atoms with E-state index in [1.807, 2.05) is 19.1 Å². The molecular weight excluding hydrogens is 358 g/mol. The molecule has 1 aromatic carbocycles. The van der Waals surface area contributed by atoms with Gasteiger partial charge in [0.1, 0.15) is 0 Å². The van der Waals surface area contributed by atoms with Gasteiger partial charge in [0.2, 0.25) is 11.8 Å². The molecule has 0 saturated heterocycles. The molecule has 146 valence electrons. The number of nitrogens with one attached hydrogen (secondary N) is 1. The van der Waals surface area contributed by atoms with Crippen molar-refractivity contribution >= 4 is 23.4 Å². The Hall–Kier alpha value is -1.82. The van der Waals surface area contributed by atoms with Crippen molar-refractivity contribution < 1.29 is 9.21 Å². The highest BCUT2D eigenvalue weighted by molar-refractivity contribution is 8.00. The Bertz CT molecular complexity index is 758. The summed E-state index contributed by atoms with van der Waals surface area (Å²) >= 11 is 1.31. The minimum absolute atomic E-state index is 0.0686. The standard InChI is InChI=1S/C21H29N3O2S/c1-14(18(25)22-17-12-10-16(11-13-17)21(2,3)4)27-20-24-23-19(26-20)15-8-6-5-7-9-15/h10-15H,5-9H2,1-4H3,(H,22,25). The van der Waals surface area contributed by atoms with Gasteiger partial charge in [-0.2, -0.15) is 0 Å². The van der Waals surface area contributed by atoms with Crippen LogP contribution in [0.15, 0.2) is 33.9 Å². The number of thioether (sulfide) groups is 1. The number of carbonyl (C=O) groups excluding carboxylic acids is 1. The van der Waals surface area contributed by atoms with E-state index >= 15 is 0 Å². The molecule has 3 rings (SSSR count). The second kappa shape index (κ2) is 8.46. The van der Waals surface area contributed by atoms with E-state index in [0.717, 1.165) is 24.4 Å². The van der Waals surface area contributed by atoms with Crippen LogP contribution in [-0.2, 0) is 10.2 Å². The Labute approximate surface area is 165 Å². The lowest BCUT2D eigenvalue weighted by molar-refractivity contribution is -0.115. The number of aromatic nitrogens is 2. The van der Waals surface area contributed by atoms with E-state index in [-0.39, 0.29) is 16.6 Å². The van der Waals surface area contributed by atoms with E-state index in [1.165, 1.54) is 36.6 Å². The molecule has 5 nitrogen and oxygen atoms in total. The third kappa shape index (κ3) is 5.34. The highest BCUT2D eigenvalue weighted by atomic mass is 32.2. The lowest BCUT2D eigenvalue weighted by Gasteiger charge is -2.19. The first-order valence-corrected chi connectivity index (χ1v) is 10.6. The summed E-state index contributed by atoms with van der Waals surface area (Å²) in [5.74, 6) is 1.04. The van der Waals surface area contributed by atoms with E-state index in [9.17, 15) is 4.79 Å². The molecule has 0 aliphatic heterocycles. The molecule has 1 unspecified atom stereocenters. The smallest absolute Gasteiger partial charge is 0.277 e. The quantitative estimate of drug-likeness (QED) is 0.683. The second-order valence-corrected chi connectivity index (χ2v) is 9.61. The Morgan fingerprint density at radius 2 is 1.81 bits per heavy atom. The molecular formula is C21H29N3O2S. The highest BCUT2D eigenvalue weighted by Gasteiger charge is 2.23. The van der Waals surface area contributed by atoms with Crippen molar-refractivity contribution in [3.63, 3.8) is 0 Å². The van der Waals surface area contributed by atoms with E-state index in [4.69, 9.17) is 4.42 Å². The molecule has 6 heteroatoms. The average molecular weight is 388 g/mol. The van der Waals surface area contributed by atoms with Crippen LogP contribution in [0.5, 0.6) is 0 Å². The van der Waals surface area contributed by atoms with Gasteiger partial charge in [-0.1, -0.05) is 63.9 Å². The first-order chi connectivity index (χ1) is 12.8. The Balaban J connectivity index is 1.55.